The lowest BCUT2D eigenvalue weighted by molar-refractivity contribution is -0.0494. The van der Waals surface area contributed by atoms with E-state index >= 15 is 0 Å². The van der Waals surface area contributed by atoms with Crippen molar-refractivity contribution in [2.24, 2.45) is 0 Å². The predicted octanol–water partition coefficient (Wildman–Crippen LogP) is 3.47. The van der Waals surface area contributed by atoms with E-state index in [0.29, 0.717) is 22.3 Å². The predicted molar refractivity (Wildman–Crippen MR) is 97.5 cm³/mol. The van der Waals surface area contributed by atoms with Crippen molar-refractivity contribution in [2.45, 2.75) is 18.8 Å². The fourth-order valence-electron chi connectivity index (χ4n) is 3.33. The lowest BCUT2D eigenvalue weighted by Crippen LogP contribution is -2.42. The van der Waals surface area contributed by atoms with Crippen LogP contribution in [0.15, 0.2) is 42.7 Å². The summed E-state index contributed by atoms with van der Waals surface area (Å²) < 4.78 is 28.3. The van der Waals surface area contributed by atoms with Gasteiger partial charge in [-0.2, -0.15) is 5.26 Å². The number of aromatic hydroxyl groups is 1. The van der Waals surface area contributed by atoms with Crippen molar-refractivity contribution in [2.75, 3.05) is 13.1 Å². The maximum Gasteiger partial charge on any atom is 0.255 e. The van der Waals surface area contributed by atoms with Gasteiger partial charge in [0.2, 0.25) is 0 Å². The third kappa shape index (κ3) is 3.16. The summed E-state index contributed by atoms with van der Waals surface area (Å²) in [6, 6.07) is 10.0. The molecule has 1 saturated heterocycles. The minimum Gasteiger partial charge on any atom is -0.506 e. The molecule has 1 fully saturated rings. The average molecular weight is 382 g/mol. The van der Waals surface area contributed by atoms with E-state index in [-0.39, 0.29) is 43.2 Å². The van der Waals surface area contributed by atoms with Crippen LogP contribution in [0.25, 0.3) is 16.7 Å². The summed E-state index contributed by atoms with van der Waals surface area (Å²) in [5.74, 6) is -3.15. The zero-order chi connectivity index (χ0) is 19.9. The Morgan fingerprint density at radius 3 is 2.64 bits per heavy atom. The fraction of sp³-hybridized carbons (Fsp3) is 0.250. The number of carbonyl (C=O) groups excluding carboxylic acids is 1. The quantitative estimate of drug-likeness (QED) is 0.736. The molecule has 0 aliphatic carbocycles. The van der Waals surface area contributed by atoms with E-state index < -0.39 is 5.92 Å². The summed E-state index contributed by atoms with van der Waals surface area (Å²) in [5, 5.41) is 19.5. The maximum absolute atomic E-state index is 13.3. The first-order valence-corrected chi connectivity index (χ1v) is 8.76. The number of fused-ring (bicyclic) bond motifs is 1. The summed E-state index contributed by atoms with van der Waals surface area (Å²) >= 11 is 0. The highest BCUT2D eigenvalue weighted by molar-refractivity contribution is 5.97. The van der Waals surface area contributed by atoms with Crippen molar-refractivity contribution in [3.8, 4) is 17.5 Å². The number of phenols is 1. The smallest absolute Gasteiger partial charge is 0.255 e. The zero-order valence-electron chi connectivity index (χ0n) is 14.8. The number of phenolic OH excluding ortho intramolecular Hbond substituents is 1. The Labute approximate surface area is 159 Å². The molecule has 1 aliphatic heterocycles. The molecule has 0 atom stereocenters. The second kappa shape index (κ2) is 6.60. The summed E-state index contributed by atoms with van der Waals surface area (Å²) in [6.45, 7) is 0.0464. The first-order chi connectivity index (χ1) is 13.4. The van der Waals surface area contributed by atoms with Crippen molar-refractivity contribution in [3.63, 3.8) is 0 Å². The van der Waals surface area contributed by atoms with E-state index in [1.807, 2.05) is 6.07 Å². The van der Waals surface area contributed by atoms with Crippen LogP contribution in [0.2, 0.25) is 0 Å². The number of rotatable bonds is 2. The van der Waals surface area contributed by atoms with Crippen molar-refractivity contribution in [3.05, 3.63) is 53.9 Å². The van der Waals surface area contributed by atoms with Gasteiger partial charge in [0.25, 0.3) is 11.8 Å². The number of hydrogen-bond acceptors (Lipinski definition) is 4. The number of alkyl halides is 2. The molecule has 0 bridgehead atoms. The second-order valence-corrected chi connectivity index (χ2v) is 6.78. The maximum atomic E-state index is 13.3. The number of benzene rings is 1. The Bertz CT molecular complexity index is 1110. The molecule has 1 amide bonds. The number of halogens is 2. The molecule has 28 heavy (non-hydrogen) atoms. The standard InChI is InChI=1S/C20H16F2N4O2/c21-20(22)4-7-25(8-5-20)19(28)15-9-13-3-6-26(18(13)24-12-15)16-2-1-14(11-23)17(27)10-16/h1-3,6,9-10,12,27H,4-5,7-8H2. The minimum atomic E-state index is -2.71. The monoisotopic (exact) mass is 382 g/mol. The molecule has 1 N–H and O–H groups in total. The molecule has 0 radical (unpaired) electrons. The number of piperidine rings is 1. The Balaban J connectivity index is 1.62. The van der Waals surface area contributed by atoms with E-state index in [0.717, 1.165) is 0 Å². The number of pyridine rings is 1. The Morgan fingerprint density at radius 2 is 1.96 bits per heavy atom. The molecule has 1 aliphatic rings. The highest BCUT2D eigenvalue weighted by Gasteiger charge is 2.35. The van der Waals surface area contributed by atoms with Crippen LogP contribution < -0.4 is 0 Å². The molecular formula is C20H16F2N4O2. The van der Waals surface area contributed by atoms with Crippen molar-refractivity contribution < 1.29 is 18.7 Å². The number of nitriles is 1. The van der Waals surface area contributed by atoms with Gasteiger partial charge in [0.05, 0.1) is 16.8 Å². The lowest BCUT2D eigenvalue weighted by Gasteiger charge is -2.31. The number of carbonyl (C=O) groups is 1. The molecule has 0 saturated carbocycles. The van der Waals surface area contributed by atoms with E-state index in [9.17, 15) is 18.7 Å². The van der Waals surface area contributed by atoms with Crippen LogP contribution in [0.5, 0.6) is 5.75 Å². The molecule has 3 aromatic rings. The first kappa shape index (κ1) is 17.9. The molecule has 0 unspecified atom stereocenters. The van der Waals surface area contributed by atoms with Crippen molar-refractivity contribution in [1.82, 2.24) is 14.5 Å². The Kier molecular flexibility index (Phi) is 4.23. The summed E-state index contributed by atoms with van der Waals surface area (Å²) in [7, 11) is 0. The van der Waals surface area contributed by atoms with Gasteiger partial charge in [-0.05, 0) is 24.3 Å². The normalized spacial score (nSPS) is 16.1. The van der Waals surface area contributed by atoms with Gasteiger partial charge in [-0.15, -0.1) is 0 Å². The first-order valence-electron chi connectivity index (χ1n) is 8.76. The number of hydrogen-bond donors (Lipinski definition) is 1. The van der Waals surface area contributed by atoms with Gasteiger partial charge in [0.1, 0.15) is 17.5 Å². The van der Waals surface area contributed by atoms with Gasteiger partial charge in [-0.1, -0.05) is 0 Å². The van der Waals surface area contributed by atoms with Crippen LogP contribution in [0.4, 0.5) is 8.78 Å². The van der Waals surface area contributed by atoms with E-state index in [2.05, 4.69) is 4.98 Å². The molecule has 8 heteroatoms. The molecule has 1 aromatic carbocycles. The van der Waals surface area contributed by atoms with Gasteiger partial charge in [-0.3, -0.25) is 4.79 Å². The van der Waals surface area contributed by atoms with E-state index in [4.69, 9.17) is 5.26 Å². The van der Waals surface area contributed by atoms with E-state index in [1.54, 1.807) is 29.0 Å². The van der Waals surface area contributed by atoms with Crippen LogP contribution >= 0.6 is 0 Å². The minimum absolute atomic E-state index is 0.0232. The largest absolute Gasteiger partial charge is 0.506 e. The summed E-state index contributed by atoms with van der Waals surface area (Å²) in [5.41, 5.74) is 1.72. The molecule has 142 valence electrons. The highest BCUT2D eigenvalue weighted by Crippen LogP contribution is 2.29. The van der Waals surface area contributed by atoms with Crippen molar-refractivity contribution >= 4 is 16.9 Å². The number of likely N-dealkylation sites (tertiary alicyclic amines) is 1. The van der Waals surface area contributed by atoms with Crippen LogP contribution in [-0.2, 0) is 0 Å². The number of nitrogens with zero attached hydrogens (tertiary/aromatic N) is 4. The SMILES string of the molecule is N#Cc1ccc(-n2ccc3cc(C(=O)N4CCC(F)(F)CC4)cnc32)cc1O. The molecule has 0 spiro atoms. The van der Waals surface area contributed by atoms with Gasteiger partial charge in [-0.25, -0.2) is 13.8 Å². The van der Waals surface area contributed by atoms with Gasteiger partial charge in [0, 0.05) is 49.8 Å². The van der Waals surface area contributed by atoms with Gasteiger partial charge >= 0.3 is 0 Å². The van der Waals surface area contributed by atoms with Crippen molar-refractivity contribution in [1.29, 1.82) is 5.26 Å². The fourth-order valence-corrected chi connectivity index (χ4v) is 3.33. The topological polar surface area (TPSA) is 82.2 Å². The molecular weight excluding hydrogens is 366 g/mol. The third-order valence-electron chi connectivity index (χ3n) is 4.94. The van der Waals surface area contributed by atoms with E-state index in [1.165, 1.54) is 23.2 Å². The molecule has 6 nitrogen and oxygen atoms in total. The second-order valence-electron chi connectivity index (χ2n) is 6.78. The summed E-state index contributed by atoms with van der Waals surface area (Å²) in [6.07, 6.45) is 2.52. The Hall–Kier alpha value is -3.47. The van der Waals surface area contributed by atoms with Crippen LogP contribution in [0.3, 0.4) is 0 Å². The number of amides is 1. The Morgan fingerprint density at radius 1 is 1.21 bits per heavy atom. The molecule has 3 heterocycles. The molecule has 2 aromatic heterocycles. The van der Waals surface area contributed by atoms with Gasteiger partial charge in [0.15, 0.2) is 0 Å². The lowest BCUT2D eigenvalue weighted by atomic mass is 10.1. The van der Waals surface area contributed by atoms with Crippen LogP contribution in [0.1, 0.15) is 28.8 Å². The molecule has 4 rings (SSSR count). The third-order valence-corrected chi connectivity index (χ3v) is 4.94. The highest BCUT2D eigenvalue weighted by atomic mass is 19.3. The van der Waals surface area contributed by atoms with Crippen LogP contribution in [-0.4, -0.2) is 44.5 Å². The van der Waals surface area contributed by atoms with Gasteiger partial charge < -0.3 is 14.6 Å². The average Bonchev–Trinajstić information content (AvgIpc) is 3.10. The van der Waals surface area contributed by atoms with Crippen LogP contribution in [0, 0.1) is 11.3 Å². The zero-order valence-corrected chi connectivity index (χ0v) is 14.8. The summed E-state index contributed by atoms with van der Waals surface area (Å²) in [4.78, 5) is 18.4. The number of aromatic nitrogens is 2.